The molecule has 0 saturated heterocycles. The van der Waals surface area contributed by atoms with Gasteiger partial charge < -0.3 is 0 Å². The van der Waals surface area contributed by atoms with Crippen LogP contribution in [0.3, 0.4) is 0 Å². The molecule has 16 heavy (non-hydrogen) atoms. The van der Waals surface area contributed by atoms with Gasteiger partial charge in [-0.05, 0) is 30.0 Å². The molecule has 0 spiro atoms. The number of nitrogens with zero attached hydrogens (tertiary/aromatic N) is 4. The summed E-state index contributed by atoms with van der Waals surface area (Å²) in [7, 11) is 0. The SMILES string of the molecule is N#Cc1ccnc(Sc2ncccc2Cl)n1. The zero-order valence-corrected chi connectivity index (χ0v) is 9.53. The molecule has 2 rings (SSSR count). The lowest BCUT2D eigenvalue weighted by Crippen LogP contribution is -1.90. The highest BCUT2D eigenvalue weighted by Crippen LogP contribution is 2.28. The Kier molecular flexibility index (Phi) is 3.34. The van der Waals surface area contributed by atoms with Crippen LogP contribution < -0.4 is 0 Å². The molecule has 4 nitrogen and oxygen atoms in total. The van der Waals surface area contributed by atoms with E-state index in [0.717, 1.165) is 0 Å². The van der Waals surface area contributed by atoms with Gasteiger partial charge in [-0.2, -0.15) is 5.26 Å². The predicted octanol–water partition coefficient (Wildman–Crippen LogP) is 2.55. The molecular formula is C10H5ClN4S. The molecule has 0 aliphatic carbocycles. The lowest BCUT2D eigenvalue weighted by Gasteiger charge is -2.00. The van der Waals surface area contributed by atoms with Gasteiger partial charge in [0.1, 0.15) is 16.8 Å². The maximum atomic E-state index is 8.69. The molecule has 78 valence electrons. The predicted molar refractivity (Wildman–Crippen MR) is 60.1 cm³/mol. The zero-order valence-electron chi connectivity index (χ0n) is 7.96. The van der Waals surface area contributed by atoms with Crippen LogP contribution in [0.5, 0.6) is 0 Å². The van der Waals surface area contributed by atoms with Gasteiger partial charge in [0.2, 0.25) is 0 Å². The Bertz CT molecular complexity index is 553. The van der Waals surface area contributed by atoms with Crippen LogP contribution in [0.1, 0.15) is 5.69 Å². The molecule has 0 atom stereocenters. The van der Waals surface area contributed by atoms with Crippen molar-refractivity contribution >= 4 is 23.4 Å². The Balaban J connectivity index is 2.28. The summed E-state index contributed by atoms with van der Waals surface area (Å²) >= 11 is 7.17. The van der Waals surface area contributed by atoms with Gasteiger partial charge in [0.05, 0.1) is 5.02 Å². The Morgan fingerprint density at radius 2 is 2.12 bits per heavy atom. The molecule has 0 unspecified atom stereocenters. The molecule has 0 radical (unpaired) electrons. The van der Waals surface area contributed by atoms with Gasteiger partial charge in [0, 0.05) is 12.4 Å². The van der Waals surface area contributed by atoms with Crippen LogP contribution in [-0.4, -0.2) is 15.0 Å². The molecule has 0 bridgehead atoms. The van der Waals surface area contributed by atoms with E-state index >= 15 is 0 Å². The van der Waals surface area contributed by atoms with Crippen molar-refractivity contribution in [2.75, 3.05) is 0 Å². The monoisotopic (exact) mass is 248 g/mol. The number of pyridine rings is 1. The smallest absolute Gasteiger partial charge is 0.195 e. The third-order valence-corrected chi connectivity index (χ3v) is 2.98. The molecule has 0 N–H and O–H groups in total. The lowest BCUT2D eigenvalue weighted by molar-refractivity contribution is 0.947. The molecule has 0 aromatic carbocycles. The van der Waals surface area contributed by atoms with Gasteiger partial charge in [0.25, 0.3) is 0 Å². The average molecular weight is 249 g/mol. The first-order chi connectivity index (χ1) is 7.79. The maximum absolute atomic E-state index is 8.69. The molecule has 0 aliphatic heterocycles. The van der Waals surface area contributed by atoms with Gasteiger partial charge in [-0.25, -0.2) is 15.0 Å². The fraction of sp³-hybridized carbons (Fsp3) is 0. The highest BCUT2D eigenvalue weighted by atomic mass is 35.5. The van der Waals surface area contributed by atoms with Crippen molar-refractivity contribution in [3.05, 3.63) is 41.3 Å². The van der Waals surface area contributed by atoms with Crippen LogP contribution in [0.4, 0.5) is 0 Å². The van der Waals surface area contributed by atoms with Crippen molar-refractivity contribution < 1.29 is 0 Å². The van der Waals surface area contributed by atoms with E-state index in [9.17, 15) is 0 Å². The summed E-state index contributed by atoms with van der Waals surface area (Å²) < 4.78 is 0. The quantitative estimate of drug-likeness (QED) is 0.765. The highest BCUT2D eigenvalue weighted by Gasteiger charge is 2.06. The second kappa shape index (κ2) is 4.92. The van der Waals surface area contributed by atoms with Crippen LogP contribution in [0, 0.1) is 11.3 Å². The summed E-state index contributed by atoms with van der Waals surface area (Å²) in [6, 6.07) is 6.99. The van der Waals surface area contributed by atoms with Crippen LogP contribution >= 0.6 is 23.4 Å². The van der Waals surface area contributed by atoms with Crippen molar-refractivity contribution in [1.82, 2.24) is 15.0 Å². The summed E-state index contributed by atoms with van der Waals surface area (Å²) in [5.74, 6) is 0. The first kappa shape index (κ1) is 10.9. The Hall–Kier alpha value is -1.64. The second-order valence-corrected chi connectivity index (χ2v) is 4.09. The van der Waals surface area contributed by atoms with Crippen molar-refractivity contribution in [3.8, 4) is 6.07 Å². The topological polar surface area (TPSA) is 62.5 Å². The summed E-state index contributed by atoms with van der Waals surface area (Å²) in [4.78, 5) is 12.1. The average Bonchev–Trinajstić information content (AvgIpc) is 2.32. The van der Waals surface area contributed by atoms with Crippen molar-refractivity contribution in [2.45, 2.75) is 10.2 Å². The number of aromatic nitrogens is 3. The molecule has 0 aliphatic rings. The van der Waals surface area contributed by atoms with E-state index in [1.54, 1.807) is 24.4 Å². The zero-order chi connectivity index (χ0) is 11.4. The summed E-state index contributed by atoms with van der Waals surface area (Å²) in [5.41, 5.74) is 0.324. The minimum Gasteiger partial charge on any atom is -0.248 e. The van der Waals surface area contributed by atoms with E-state index in [-0.39, 0.29) is 0 Å². The first-order valence-corrected chi connectivity index (χ1v) is 5.50. The number of hydrogen-bond acceptors (Lipinski definition) is 5. The standard InChI is InChI=1S/C10H5ClN4S/c11-8-2-1-4-13-9(8)16-10-14-5-3-7(6-12)15-10/h1-5H. The molecule has 2 aromatic heterocycles. The summed E-state index contributed by atoms with van der Waals surface area (Å²) in [6.07, 6.45) is 3.17. The number of hydrogen-bond donors (Lipinski definition) is 0. The van der Waals surface area contributed by atoms with Gasteiger partial charge in [-0.15, -0.1) is 0 Å². The molecule has 0 fully saturated rings. The van der Waals surface area contributed by atoms with E-state index < -0.39 is 0 Å². The van der Waals surface area contributed by atoms with Gasteiger partial charge in [-0.1, -0.05) is 11.6 Å². The maximum Gasteiger partial charge on any atom is 0.195 e. The first-order valence-electron chi connectivity index (χ1n) is 4.31. The normalized spacial score (nSPS) is 9.75. The lowest BCUT2D eigenvalue weighted by atomic mass is 10.5. The number of nitriles is 1. The van der Waals surface area contributed by atoms with Crippen LogP contribution in [0.15, 0.2) is 40.8 Å². The highest BCUT2D eigenvalue weighted by molar-refractivity contribution is 7.99. The van der Waals surface area contributed by atoms with E-state index in [1.165, 1.54) is 18.0 Å². The van der Waals surface area contributed by atoms with Crippen LogP contribution in [-0.2, 0) is 0 Å². The third kappa shape index (κ3) is 2.48. The second-order valence-electron chi connectivity index (χ2n) is 2.73. The molecule has 6 heteroatoms. The van der Waals surface area contributed by atoms with Crippen molar-refractivity contribution in [2.24, 2.45) is 0 Å². The van der Waals surface area contributed by atoms with E-state index in [2.05, 4.69) is 15.0 Å². The Labute approximate surface area is 101 Å². The number of rotatable bonds is 2. The Morgan fingerprint density at radius 1 is 1.25 bits per heavy atom. The van der Waals surface area contributed by atoms with E-state index in [1.807, 2.05) is 6.07 Å². The van der Waals surface area contributed by atoms with Crippen LogP contribution in [0.25, 0.3) is 0 Å². The molecular weight excluding hydrogens is 244 g/mol. The van der Waals surface area contributed by atoms with Gasteiger partial charge >= 0.3 is 0 Å². The fourth-order valence-corrected chi connectivity index (χ4v) is 1.93. The van der Waals surface area contributed by atoms with E-state index in [0.29, 0.717) is 20.9 Å². The molecule has 2 aromatic rings. The van der Waals surface area contributed by atoms with Gasteiger partial charge in [0.15, 0.2) is 5.16 Å². The van der Waals surface area contributed by atoms with Crippen LogP contribution in [0.2, 0.25) is 5.02 Å². The minimum atomic E-state index is 0.324. The molecule has 0 amide bonds. The van der Waals surface area contributed by atoms with E-state index in [4.69, 9.17) is 16.9 Å². The summed E-state index contributed by atoms with van der Waals surface area (Å²) in [5, 5.41) is 10.3. The van der Waals surface area contributed by atoms with Crippen molar-refractivity contribution in [1.29, 1.82) is 5.26 Å². The van der Waals surface area contributed by atoms with Crippen molar-refractivity contribution in [3.63, 3.8) is 0 Å². The largest absolute Gasteiger partial charge is 0.248 e. The molecule has 0 saturated carbocycles. The minimum absolute atomic E-state index is 0.324. The summed E-state index contributed by atoms with van der Waals surface area (Å²) in [6.45, 7) is 0. The van der Waals surface area contributed by atoms with Gasteiger partial charge in [-0.3, -0.25) is 0 Å². The fourth-order valence-electron chi connectivity index (χ4n) is 0.985. The number of halogens is 1. The molecule has 2 heterocycles. The Morgan fingerprint density at radius 3 is 2.88 bits per heavy atom. The third-order valence-electron chi connectivity index (χ3n) is 1.66.